The molecule has 3 rings (SSSR count). The maximum atomic E-state index is 4.46. The van der Waals surface area contributed by atoms with Gasteiger partial charge in [0.15, 0.2) is 0 Å². The summed E-state index contributed by atoms with van der Waals surface area (Å²) in [6.07, 6.45) is 11.4. The summed E-state index contributed by atoms with van der Waals surface area (Å²) in [6, 6.07) is 0.624. The number of rotatable bonds is 7. The first-order valence-corrected chi connectivity index (χ1v) is 7.98. The van der Waals surface area contributed by atoms with Crippen LogP contribution in [0.4, 0.5) is 5.69 Å². The first-order valence-electron chi connectivity index (χ1n) is 7.98. The Labute approximate surface area is 121 Å². The predicted octanol–water partition coefficient (Wildman–Crippen LogP) is 2.60. The molecular weight excluding hydrogens is 248 g/mol. The van der Waals surface area contributed by atoms with E-state index in [0.29, 0.717) is 6.04 Å². The Bertz CT molecular complexity index is 461. The van der Waals surface area contributed by atoms with E-state index in [1.165, 1.54) is 18.5 Å². The van der Waals surface area contributed by atoms with Crippen molar-refractivity contribution < 1.29 is 0 Å². The van der Waals surface area contributed by atoms with Crippen LogP contribution in [0.5, 0.6) is 0 Å². The molecule has 3 atom stereocenters. The summed E-state index contributed by atoms with van der Waals surface area (Å²) >= 11 is 0. The van der Waals surface area contributed by atoms with Crippen molar-refractivity contribution in [1.29, 1.82) is 0 Å². The van der Waals surface area contributed by atoms with Crippen LogP contribution >= 0.6 is 0 Å². The summed E-state index contributed by atoms with van der Waals surface area (Å²) < 4.78 is 2.06. The fraction of sp³-hybridized carbons (Fsp3) is 0.688. The molecule has 2 aliphatic rings. The second-order valence-corrected chi connectivity index (χ2v) is 6.01. The van der Waals surface area contributed by atoms with Crippen LogP contribution in [0.1, 0.15) is 26.7 Å². The Morgan fingerprint density at radius 1 is 1.40 bits per heavy atom. The van der Waals surface area contributed by atoms with E-state index >= 15 is 0 Å². The lowest BCUT2D eigenvalue weighted by Crippen LogP contribution is -2.43. The van der Waals surface area contributed by atoms with E-state index in [0.717, 1.165) is 38.0 Å². The molecule has 0 radical (unpaired) electrons. The second-order valence-electron chi connectivity index (χ2n) is 6.01. The SMILES string of the molecule is CCN(CC)CCn1cc(NC2CC3CC=CC32)cn1. The average molecular weight is 274 g/mol. The molecule has 0 spiro atoms. The van der Waals surface area contributed by atoms with E-state index in [1.807, 2.05) is 6.20 Å². The van der Waals surface area contributed by atoms with Gasteiger partial charge >= 0.3 is 0 Å². The van der Waals surface area contributed by atoms with Crippen LogP contribution in [-0.2, 0) is 6.54 Å². The molecule has 1 heterocycles. The maximum Gasteiger partial charge on any atom is 0.0728 e. The number of aromatic nitrogens is 2. The largest absolute Gasteiger partial charge is 0.379 e. The Morgan fingerprint density at radius 2 is 2.25 bits per heavy atom. The zero-order valence-electron chi connectivity index (χ0n) is 12.6. The Balaban J connectivity index is 1.48. The van der Waals surface area contributed by atoms with Crippen molar-refractivity contribution >= 4 is 5.69 Å². The third-order valence-electron chi connectivity index (χ3n) is 4.89. The molecule has 20 heavy (non-hydrogen) atoms. The van der Waals surface area contributed by atoms with Crippen molar-refractivity contribution in [3.63, 3.8) is 0 Å². The summed E-state index contributed by atoms with van der Waals surface area (Å²) in [5, 5.41) is 8.10. The molecule has 110 valence electrons. The van der Waals surface area contributed by atoms with Gasteiger partial charge < -0.3 is 10.2 Å². The van der Waals surface area contributed by atoms with E-state index in [-0.39, 0.29) is 0 Å². The number of hydrogen-bond acceptors (Lipinski definition) is 3. The van der Waals surface area contributed by atoms with Gasteiger partial charge in [-0.15, -0.1) is 0 Å². The molecule has 0 saturated heterocycles. The number of allylic oxidation sites excluding steroid dienone is 1. The number of hydrogen-bond donors (Lipinski definition) is 1. The van der Waals surface area contributed by atoms with Crippen LogP contribution in [-0.4, -0.2) is 40.4 Å². The highest BCUT2D eigenvalue weighted by atomic mass is 15.3. The second kappa shape index (κ2) is 6.00. The Kier molecular flexibility index (Phi) is 4.10. The van der Waals surface area contributed by atoms with Crippen molar-refractivity contribution in [3.8, 4) is 0 Å². The molecule has 1 saturated carbocycles. The minimum atomic E-state index is 0.624. The van der Waals surface area contributed by atoms with E-state index in [2.05, 4.69) is 52.2 Å². The molecule has 0 aromatic carbocycles. The molecule has 0 bridgehead atoms. The standard InChI is InChI=1S/C16H26N4/c1-3-19(4-2)8-9-20-12-14(11-17-20)18-16-10-13-6-5-7-15(13)16/h5,7,11-13,15-16,18H,3-4,6,8-10H2,1-2H3. The normalized spacial score (nSPS) is 27.6. The number of nitrogens with one attached hydrogen (secondary N) is 1. The van der Waals surface area contributed by atoms with Crippen molar-refractivity contribution in [1.82, 2.24) is 14.7 Å². The van der Waals surface area contributed by atoms with Gasteiger partial charge in [-0.1, -0.05) is 26.0 Å². The molecule has 0 amide bonds. The van der Waals surface area contributed by atoms with Gasteiger partial charge in [-0.25, -0.2) is 0 Å². The summed E-state index contributed by atoms with van der Waals surface area (Å²) in [5.41, 5.74) is 1.17. The molecule has 4 heteroatoms. The van der Waals surface area contributed by atoms with Gasteiger partial charge in [0, 0.05) is 24.7 Å². The summed E-state index contributed by atoms with van der Waals surface area (Å²) in [7, 11) is 0. The number of fused-ring (bicyclic) bond motifs is 1. The van der Waals surface area contributed by atoms with Crippen LogP contribution in [0.25, 0.3) is 0 Å². The molecule has 0 aliphatic heterocycles. The number of likely N-dealkylation sites (N-methyl/N-ethyl adjacent to an activating group) is 1. The van der Waals surface area contributed by atoms with Gasteiger partial charge in [-0.05, 0) is 31.8 Å². The average Bonchev–Trinajstić information content (AvgIpc) is 3.04. The molecule has 1 aromatic heterocycles. The lowest BCUT2D eigenvalue weighted by molar-refractivity contribution is 0.218. The molecule has 3 unspecified atom stereocenters. The van der Waals surface area contributed by atoms with E-state index < -0.39 is 0 Å². The van der Waals surface area contributed by atoms with Crippen LogP contribution < -0.4 is 5.32 Å². The van der Waals surface area contributed by atoms with Gasteiger partial charge in [0.25, 0.3) is 0 Å². The highest BCUT2D eigenvalue weighted by Crippen LogP contribution is 2.43. The highest BCUT2D eigenvalue weighted by molar-refractivity contribution is 5.41. The Hall–Kier alpha value is -1.29. The first kappa shape index (κ1) is 13.7. The van der Waals surface area contributed by atoms with Crippen molar-refractivity contribution in [2.24, 2.45) is 11.8 Å². The van der Waals surface area contributed by atoms with E-state index in [1.54, 1.807) is 0 Å². The van der Waals surface area contributed by atoms with Crippen molar-refractivity contribution in [2.45, 2.75) is 39.3 Å². The summed E-state index contributed by atoms with van der Waals surface area (Å²) in [4.78, 5) is 2.43. The highest BCUT2D eigenvalue weighted by Gasteiger charge is 2.40. The van der Waals surface area contributed by atoms with Gasteiger partial charge in [0.1, 0.15) is 0 Å². The van der Waals surface area contributed by atoms with Gasteiger partial charge in [-0.3, -0.25) is 4.68 Å². The smallest absolute Gasteiger partial charge is 0.0728 e. The van der Waals surface area contributed by atoms with E-state index in [9.17, 15) is 0 Å². The molecule has 1 aromatic rings. The lowest BCUT2D eigenvalue weighted by Gasteiger charge is -2.40. The first-order chi connectivity index (χ1) is 9.80. The number of nitrogens with zero attached hydrogens (tertiary/aromatic N) is 3. The van der Waals surface area contributed by atoms with Crippen LogP contribution in [0.15, 0.2) is 24.5 Å². The van der Waals surface area contributed by atoms with Crippen LogP contribution in [0, 0.1) is 11.8 Å². The fourth-order valence-corrected chi connectivity index (χ4v) is 3.44. The molecule has 2 aliphatic carbocycles. The minimum absolute atomic E-state index is 0.624. The van der Waals surface area contributed by atoms with E-state index in [4.69, 9.17) is 0 Å². The third kappa shape index (κ3) is 2.75. The van der Waals surface area contributed by atoms with Crippen molar-refractivity contribution in [2.75, 3.05) is 25.0 Å². The zero-order valence-corrected chi connectivity index (χ0v) is 12.6. The van der Waals surface area contributed by atoms with Crippen LogP contribution in [0.3, 0.4) is 0 Å². The lowest BCUT2D eigenvalue weighted by atomic mass is 9.71. The quantitative estimate of drug-likeness (QED) is 0.776. The third-order valence-corrected chi connectivity index (χ3v) is 4.89. The van der Waals surface area contributed by atoms with Crippen molar-refractivity contribution in [3.05, 3.63) is 24.5 Å². The fourth-order valence-electron chi connectivity index (χ4n) is 3.44. The molecular formula is C16H26N4. The minimum Gasteiger partial charge on any atom is -0.379 e. The summed E-state index contributed by atoms with van der Waals surface area (Å²) in [5.74, 6) is 1.67. The topological polar surface area (TPSA) is 33.1 Å². The van der Waals surface area contributed by atoms with Crippen LogP contribution in [0.2, 0.25) is 0 Å². The van der Waals surface area contributed by atoms with Gasteiger partial charge in [0.2, 0.25) is 0 Å². The Morgan fingerprint density at radius 3 is 3.00 bits per heavy atom. The monoisotopic (exact) mass is 274 g/mol. The predicted molar refractivity (Wildman–Crippen MR) is 82.8 cm³/mol. The molecule has 4 nitrogen and oxygen atoms in total. The number of anilines is 1. The zero-order chi connectivity index (χ0) is 13.9. The van der Waals surface area contributed by atoms with Gasteiger partial charge in [0.05, 0.1) is 18.4 Å². The molecule has 1 fully saturated rings. The summed E-state index contributed by atoms with van der Waals surface area (Å²) in [6.45, 7) is 8.69. The maximum absolute atomic E-state index is 4.46. The van der Waals surface area contributed by atoms with Gasteiger partial charge in [-0.2, -0.15) is 5.10 Å². The molecule has 1 N–H and O–H groups in total.